The van der Waals surface area contributed by atoms with Gasteiger partial charge in [-0.25, -0.2) is 0 Å². The second-order valence-electron chi connectivity index (χ2n) is 20.6. The first kappa shape index (κ1) is 66.2. The molecule has 0 aliphatic rings. The van der Waals surface area contributed by atoms with Crippen LogP contribution < -0.4 is 10.2 Å². The topological polar surface area (TPSA) is 108 Å². The highest BCUT2D eigenvalue weighted by molar-refractivity contribution is 7.45. The van der Waals surface area contributed by atoms with Crippen LogP contribution >= 0.6 is 7.82 Å². The molecule has 398 valence electrons. The molecule has 0 aromatic carbocycles. The zero-order valence-electron chi connectivity index (χ0n) is 45.3. The number of quaternary nitrogens is 1. The number of nitrogens with one attached hydrogen (secondary N) is 1. The van der Waals surface area contributed by atoms with Crippen molar-refractivity contribution in [3.63, 3.8) is 0 Å². The molecule has 9 heteroatoms. The standard InChI is InChI=1S/C59H111N2O6P/c1-6-8-10-12-14-16-18-20-22-24-26-27-28-29-30-31-32-33-34-35-36-38-40-42-44-46-48-50-52-58(62)57(56-67-68(64,65)66-55-54-61(3,4)5)60-59(63)53-51-49-47-45-43-41-39-37-25-23-21-19-17-15-13-11-9-7-2/h17,19,23,25,35-36,42,44,50,52,57-58,62H,6-16,18,20-22,24,26-34,37-41,43,45-49,51,53-56H2,1-5H3,(H-,60,63,64,65)/b19-17-,25-23-,36-35+,44-42+,52-50+. The first-order valence-electron chi connectivity index (χ1n) is 28.7. The normalized spacial score (nSPS) is 14.4. The summed E-state index contributed by atoms with van der Waals surface area (Å²) in [5, 5.41) is 13.8. The molecule has 0 aliphatic heterocycles. The van der Waals surface area contributed by atoms with Crippen LogP contribution in [0, 0.1) is 0 Å². The lowest BCUT2D eigenvalue weighted by molar-refractivity contribution is -0.870. The molecule has 0 aromatic heterocycles. The number of unbranched alkanes of at least 4 members (excludes halogenated alkanes) is 31. The summed E-state index contributed by atoms with van der Waals surface area (Å²) in [5.74, 6) is -0.219. The van der Waals surface area contributed by atoms with Gasteiger partial charge in [-0.05, 0) is 77.0 Å². The molecule has 0 saturated heterocycles. The molecule has 3 atom stereocenters. The molecule has 68 heavy (non-hydrogen) atoms. The van der Waals surface area contributed by atoms with Gasteiger partial charge in [-0.1, -0.05) is 235 Å². The summed E-state index contributed by atoms with van der Waals surface area (Å²) in [5.41, 5.74) is 0. The van der Waals surface area contributed by atoms with Crippen molar-refractivity contribution in [2.45, 2.75) is 270 Å². The minimum atomic E-state index is -4.61. The summed E-state index contributed by atoms with van der Waals surface area (Å²) in [6.07, 6.45) is 67.3. The predicted molar refractivity (Wildman–Crippen MR) is 293 cm³/mol. The van der Waals surface area contributed by atoms with Gasteiger partial charge >= 0.3 is 0 Å². The zero-order chi connectivity index (χ0) is 49.9. The molecule has 1 amide bonds. The van der Waals surface area contributed by atoms with Gasteiger partial charge in [0.2, 0.25) is 5.91 Å². The lowest BCUT2D eigenvalue weighted by Crippen LogP contribution is -2.45. The van der Waals surface area contributed by atoms with Crippen molar-refractivity contribution in [3.8, 4) is 0 Å². The number of phosphoric acid groups is 1. The van der Waals surface area contributed by atoms with E-state index >= 15 is 0 Å². The SMILES string of the molecule is CCCCCC/C=C\C/C=C\CCCCCCCCCC(=O)NC(COP(=O)([O-])OCC[N+](C)(C)C)C(O)/C=C/CC/C=C/CC/C=C/CCCCCCCCCCCCCCCCCCCC. The van der Waals surface area contributed by atoms with Crippen LogP contribution in [0.5, 0.6) is 0 Å². The maximum atomic E-state index is 12.9. The van der Waals surface area contributed by atoms with Gasteiger partial charge in [0.1, 0.15) is 13.2 Å². The third-order valence-electron chi connectivity index (χ3n) is 12.7. The van der Waals surface area contributed by atoms with Crippen LogP contribution in [0.4, 0.5) is 0 Å². The van der Waals surface area contributed by atoms with E-state index in [1.165, 1.54) is 173 Å². The van der Waals surface area contributed by atoms with Crippen molar-refractivity contribution in [3.05, 3.63) is 60.8 Å². The Bertz CT molecular complexity index is 1290. The van der Waals surface area contributed by atoms with Crippen LogP contribution in [0.1, 0.15) is 258 Å². The van der Waals surface area contributed by atoms with Crippen LogP contribution in [0.25, 0.3) is 0 Å². The molecule has 0 radical (unpaired) electrons. The molecular weight excluding hydrogens is 864 g/mol. The smallest absolute Gasteiger partial charge is 0.268 e. The van der Waals surface area contributed by atoms with Gasteiger partial charge in [0.15, 0.2) is 0 Å². The fraction of sp³-hybridized carbons (Fsp3) is 0.814. The van der Waals surface area contributed by atoms with Crippen molar-refractivity contribution >= 4 is 13.7 Å². The Morgan fingerprint density at radius 3 is 1.29 bits per heavy atom. The van der Waals surface area contributed by atoms with Crippen molar-refractivity contribution in [1.29, 1.82) is 0 Å². The highest BCUT2D eigenvalue weighted by atomic mass is 31.2. The van der Waals surface area contributed by atoms with Crippen LogP contribution in [-0.2, 0) is 18.4 Å². The second-order valence-corrected chi connectivity index (χ2v) is 22.0. The number of phosphoric ester groups is 1. The first-order valence-corrected chi connectivity index (χ1v) is 30.1. The van der Waals surface area contributed by atoms with Gasteiger partial charge in [-0.2, -0.15) is 0 Å². The Hall–Kier alpha value is -1.80. The average Bonchev–Trinajstić information content (AvgIpc) is 3.30. The quantitative estimate of drug-likeness (QED) is 0.0272. The highest BCUT2D eigenvalue weighted by Gasteiger charge is 2.23. The lowest BCUT2D eigenvalue weighted by Gasteiger charge is -2.29. The molecule has 0 fully saturated rings. The lowest BCUT2D eigenvalue weighted by atomic mass is 10.0. The number of aliphatic hydroxyl groups is 1. The third kappa shape index (κ3) is 52.0. The van der Waals surface area contributed by atoms with E-state index in [0.717, 1.165) is 64.2 Å². The molecule has 0 spiro atoms. The number of carbonyl (C=O) groups excluding carboxylic acids is 1. The molecule has 0 aliphatic carbocycles. The summed E-state index contributed by atoms with van der Waals surface area (Å²) in [6, 6.07) is -0.917. The summed E-state index contributed by atoms with van der Waals surface area (Å²) in [6.45, 7) is 4.61. The number of nitrogens with zero attached hydrogens (tertiary/aromatic N) is 1. The van der Waals surface area contributed by atoms with Gasteiger partial charge in [0, 0.05) is 6.42 Å². The monoisotopic (exact) mass is 975 g/mol. The average molecular weight is 976 g/mol. The summed E-state index contributed by atoms with van der Waals surface area (Å²) >= 11 is 0. The number of allylic oxidation sites excluding steroid dienone is 9. The largest absolute Gasteiger partial charge is 0.756 e. The minimum absolute atomic E-state index is 0.0125. The molecule has 0 rings (SSSR count). The number of likely N-dealkylation sites (N-methyl/N-ethyl adjacent to an activating group) is 1. The van der Waals surface area contributed by atoms with Crippen LogP contribution in [0.3, 0.4) is 0 Å². The van der Waals surface area contributed by atoms with E-state index in [4.69, 9.17) is 9.05 Å². The number of hydrogen-bond donors (Lipinski definition) is 2. The molecule has 2 N–H and O–H groups in total. The molecule has 0 heterocycles. The number of carbonyl (C=O) groups is 1. The van der Waals surface area contributed by atoms with Crippen LogP contribution in [0.2, 0.25) is 0 Å². The van der Waals surface area contributed by atoms with E-state index in [1.807, 2.05) is 27.2 Å². The van der Waals surface area contributed by atoms with E-state index < -0.39 is 26.6 Å². The fourth-order valence-corrected chi connectivity index (χ4v) is 8.88. The number of rotatable bonds is 52. The Balaban J connectivity index is 4.29. The Labute approximate surface area is 422 Å². The fourth-order valence-electron chi connectivity index (χ4n) is 8.16. The first-order chi connectivity index (χ1) is 33.0. The maximum Gasteiger partial charge on any atom is 0.268 e. The second kappa shape index (κ2) is 50.2. The van der Waals surface area contributed by atoms with Crippen molar-refractivity contribution < 1.29 is 32.9 Å². The molecule has 0 bridgehead atoms. The van der Waals surface area contributed by atoms with Crippen molar-refractivity contribution in [1.82, 2.24) is 5.32 Å². The highest BCUT2D eigenvalue weighted by Crippen LogP contribution is 2.38. The van der Waals surface area contributed by atoms with E-state index in [0.29, 0.717) is 17.4 Å². The Morgan fingerprint density at radius 2 is 0.868 bits per heavy atom. The number of aliphatic hydroxyl groups excluding tert-OH is 1. The van der Waals surface area contributed by atoms with E-state index in [9.17, 15) is 19.4 Å². The van der Waals surface area contributed by atoms with Crippen molar-refractivity contribution in [2.75, 3.05) is 40.9 Å². The van der Waals surface area contributed by atoms with Gasteiger partial charge in [-0.15, -0.1) is 0 Å². The Morgan fingerprint density at radius 1 is 0.515 bits per heavy atom. The molecular formula is C59H111N2O6P. The molecule has 0 saturated carbocycles. The van der Waals surface area contributed by atoms with Crippen molar-refractivity contribution in [2.24, 2.45) is 0 Å². The minimum Gasteiger partial charge on any atom is -0.756 e. The van der Waals surface area contributed by atoms with E-state index in [2.05, 4.69) is 67.8 Å². The third-order valence-corrected chi connectivity index (χ3v) is 13.6. The Kier molecular flexibility index (Phi) is 48.8. The molecule has 3 unspecified atom stereocenters. The molecule has 0 aromatic rings. The zero-order valence-corrected chi connectivity index (χ0v) is 46.2. The van der Waals surface area contributed by atoms with Gasteiger partial charge in [0.05, 0.1) is 39.9 Å². The number of amides is 1. The number of hydrogen-bond acceptors (Lipinski definition) is 6. The van der Waals surface area contributed by atoms with Gasteiger partial charge < -0.3 is 28.8 Å². The summed E-state index contributed by atoms with van der Waals surface area (Å²) in [7, 11) is 1.23. The maximum absolute atomic E-state index is 12.9. The summed E-state index contributed by atoms with van der Waals surface area (Å²) in [4.78, 5) is 25.5. The van der Waals surface area contributed by atoms with E-state index in [-0.39, 0.29) is 12.5 Å². The van der Waals surface area contributed by atoms with Crippen LogP contribution in [0.15, 0.2) is 60.8 Å². The van der Waals surface area contributed by atoms with E-state index in [1.54, 1.807) is 6.08 Å². The van der Waals surface area contributed by atoms with Gasteiger partial charge in [0.25, 0.3) is 7.82 Å². The van der Waals surface area contributed by atoms with Crippen LogP contribution in [-0.4, -0.2) is 68.5 Å². The molecule has 8 nitrogen and oxygen atoms in total. The van der Waals surface area contributed by atoms with Gasteiger partial charge in [-0.3, -0.25) is 9.36 Å². The predicted octanol–water partition coefficient (Wildman–Crippen LogP) is 16.7. The summed E-state index contributed by atoms with van der Waals surface area (Å²) < 4.78 is 23.3.